The number of carbonyl (C=O) groups excluding carboxylic acids is 1. The molecule has 0 rings (SSSR count). The van der Waals surface area contributed by atoms with Gasteiger partial charge >= 0.3 is 0 Å². The van der Waals surface area contributed by atoms with Crippen LogP contribution < -0.4 is 5.32 Å². The highest BCUT2D eigenvalue weighted by molar-refractivity contribution is 5.84. The van der Waals surface area contributed by atoms with Crippen molar-refractivity contribution in [1.29, 1.82) is 0 Å². The third-order valence-corrected chi connectivity index (χ3v) is 1.34. The van der Waals surface area contributed by atoms with E-state index in [1.165, 1.54) is 13.8 Å². The highest BCUT2D eigenvalue weighted by Gasteiger charge is 2.28. The zero-order chi connectivity index (χ0) is 9.99. The van der Waals surface area contributed by atoms with Crippen molar-refractivity contribution in [2.24, 2.45) is 0 Å². The van der Waals surface area contributed by atoms with Crippen LogP contribution in [-0.4, -0.2) is 22.2 Å². The van der Waals surface area contributed by atoms with Crippen molar-refractivity contribution in [1.82, 2.24) is 5.32 Å². The van der Waals surface area contributed by atoms with Crippen molar-refractivity contribution in [3.8, 4) is 12.3 Å². The molecule has 0 aromatic heterocycles. The molecule has 0 heterocycles. The van der Waals surface area contributed by atoms with Gasteiger partial charge in [0.2, 0.25) is 0 Å². The van der Waals surface area contributed by atoms with E-state index in [4.69, 9.17) is 6.42 Å². The predicted octanol–water partition coefficient (Wildman–Crippen LogP) is 0.285. The van der Waals surface area contributed by atoms with Gasteiger partial charge in [-0.25, -0.2) is 0 Å². The molecule has 0 unspecified atom stereocenters. The van der Waals surface area contributed by atoms with Gasteiger partial charge in [0.05, 0.1) is 5.54 Å². The van der Waals surface area contributed by atoms with Gasteiger partial charge in [0.25, 0.3) is 5.91 Å². The maximum Gasteiger partial charge on any atom is 0.252 e. The largest absolute Gasteiger partial charge is 0.381 e. The van der Waals surface area contributed by atoms with Gasteiger partial charge in [-0.1, -0.05) is 5.92 Å². The van der Waals surface area contributed by atoms with E-state index in [9.17, 15) is 9.90 Å². The minimum atomic E-state index is -1.38. The smallest absolute Gasteiger partial charge is 0.252 e. The van der Waals surface area contributed by atoms with Gasteiger partial charge < -0.3 is 10.4 Å². The predicted molar refractivity (Wildman–Crippen MR) is 47.4 cm³/mol. The second kappa shape index (κ2) is 3.16. The lowest BCUT2D eigenvalue weighted by Gasteiger charge is -2.24. The van der Waals surface area contributed by atoms with Gasteiger partial charge in [-0.05, 0) is 27.7 Å². The number of carbonyl (C=O) groups is 1. The number of rotatable bonds is 2. The molecule has 0 radical (unpaired) electrons. The molecule has 0 aliphatic heterocycles. The summed E-state index contributed by atoms with van der Waals surface area (Å²) in [5.41, 5.74) is -2.09. The molecule has 0 fully saturated rings. The summed E-state index contributed by atoms with van der Waals surface area (Å²) < 4.78 is 0. The van der Waals surface area contributed by atoms with Gasteiger partial charge in [-0.15, -0.1) is 6.42 Å². The standard InChI is InChI=1S/C9H15NO2/c1-6-8(2,3)10-7(11)9(4,5)12/h1,12H,2-5H3,(H,10,11). The fraction of sp³-hybridized carbons (Fsp3) is 0.667. The minimum absolute atomic E-state index is 0.467. The quantitative estimate of drug-likeness (QED) is 0.583. The lowest BCUT2D eigenvalue weighted by atomic mass is 10.0. The average Bonchev–Trinajstić information content (AvgIpc) is 1.85. The van der Waals surface area contributed by atoms with Gasteiger partial charge in [-0.3, -0.25) is 4.79 Å². The Balaban J connectivity index is 4.33. The Morgan fingerprint density at radius 2 is 1.83 bits per heavy atom. The molecule has 2 N–H and O–H groups in total. The first-order valence-electron chi connectivity index (χ1n) is 3.72. The monoisotopic (exact) mass is 169 g/mol. The minimum Gasteiger partial charge on any atom is -0.381 e. The molecule has 12 heavy (non-hydrogen) atoms. The van der Waals surface area contributed by atoms with Gasteiger partial charge in [-0.2, -0.15) is 0 Å². The molecule has 1 amide bonds. The number of hydrogen-bond donors (Lipinski definition) is 2. The van der Waals surface area contributed by atoms with Crippen LogP contribution in [0.2, 0.25) is 0 Å². The number of terminal acetylenes is 1. The normalized spacial score (nSPS) is 12.0. The van der Waals surface area contributed by atoms with E-state index in [1.54, 1.807) is 13.8 Å². The van der Waals surface area contributed by atoms with Crippen molar-refractivity contribution >= 4 is 5.91 Å². The highest BCUT2D eigenvalue weighted by Crippen LogP contribution is 2.05. The topological polar surface area (TPSA) is 49.3 Å². The van der Waals surface area contributed by atoms with Gasteiger partial charge in [0.15, 0.2) is 0 Å². The molecule has 0 spiro atoms. The van der Waals surface area contributed by atoms with Crippen molar-refractivity contribution in [2.75, 3.05) is 0 Å². The van der Waals surface area contributed by atoms with Crippen LogP contribution >= 0.6 is 0 Å². The third-order valence-electron chi connectivity index (χ3n) is 1.34. The SMILES string of the molecule is C#CC(C)(C)NC(=O)C(C)(C)O. The molecule has 0 aromatic rings. The molecule has 68 valence electrons. The van der Waals surface area contributed by atoms with E-state index >= 15 is 0 Å². The Bertz CT molecular complexity index is 218. The molecular weight excluding hydrogens is 154 g/mol. The van der Waals surface area contributed by atoms with Crippen LogP contribution in [-0.2, 0) is 4.79 Å². The summed E-state index contributed by atoms with van der Waals surface area (Å²) >= 11 is 0. The first kappa shape index (κ1) is 11.0. The number of nitrogens with one attached hydrogen (secondary N) is 1. The maximum absolute atomic E-state index is 11.2. The number of aliphatic hydroxyl groups is 1. The van der Waals surface area contributed by atoms with Crippen LogP contribution in [0.4, 0.5) is 0 Å². The van der Waals surface area contributed by atoms with Crippen LogP contribution in [0.5, 0.6) is 0 Å². The Morgan fingerprint density at radius 3 is 2.08 bits per heavy atom. The first-order valence-corrected chi connectivity index (χ1v) is 3.72. The van der Waals surface area contributed by atoms with Crippen LogP contribution in [0.25, 0.3) is 0 Å². The Labute approximate surface area is 73.2 Å². The van der Waals surface area contributed by atoms with Crippen molar-refractivity contribution in [2.45, 2.75) is 38.8 Å². The molecule has 3 nitrogen and oxygen atoms in total. The van der Waals surface area contributed by atoms with Crippen LogP contribution in [0.1, 0.15) is 27.7 Å². The van der Waals surface area contributed by atoms with E-state index in [0.717, 1.165) is 0 Å². The molecule has 0 aromatic carbocycles. The Hall–Kier alpha value is -1.01. The second-order valence-electron chi connectivity index (χ2n) is 3.78. The van der Waals surface area contributed by atoms with Crippen LogP contribution in [0, 0.1) is 12.3 Å². The Kier molecular flexibility index (Phi) is 2.89. The van der Waals surface area contributed by atoms with E-state index in [0.29, 0.717) is 0 Å². The summed E-state index contributed by atoms with van der Waals surface area (Å²) in [6.07, 6.45) is 5.15. The molecule has 0 aliphatic carbocycles. The zero-order valence-corrected chi connectivity index (χ0v) is 7.93. The van der Waals surface area contributed by atoms with Crippen LogP contribution in [0.3, 0.4) is 0 Å². The van der Waals surface area contributed by atoms with E-state index in [2.05, 4.69) is 11.2 Å². The van der Waals surface area contributed by atoms with Crippen molar-refractivity contribution < 1.29 is 9.90 Å². The summed E-state index contributed by atoms with van der Waals surface area (Å²) in [5.74, 6) is 1.93. The molecule has 0 bridgehead atoms. The molecule has 0 saturated heterocycles. The summed E-state index contributed by atoms with van der Waals surface area (Å²) in [5, 5.41) is 11.8. The summed E-state index contributed by atoms with van der Waals surface area (Å²) in [4.78, 5) is 11.2. The Morgan fingerprint density at radius 1 is 1.42 bits per heavy atom. The maximum atomic E-state index is 11.2. The van der Waals surface area contributed by atoms with Crippen molar-refractivity contribution in [3.63, 3.8) is 0 Å². The van der Waals surface area contributed by atoms with Crippen LogP contribution in [0.15, 0.2) is 0 Å². The summed E-state index contributed by atoms with van der Waals surface area (Å²) in [6.45, 7) is 6.21. The lowest BCUT2D eigenvalue weighted by Crippen LogP contribution is -2.50. The number of hydrogen-bond acceptors (Lipinski definition) is 2. The molecular formula is C9H15NO2. The van der Waals surface area contributed by atoms with E-state index < -0.39 is 17.0 Å². The third kappa shape index (κ3) is 3.40. The molecule has 0 atom stereocenters. The van der Waals surface area contributed by atoms with Crippen molar-refractivity contribution in [3.05, 3.63) is 0 Å². The van der Waals surface area contributed by atoms with Gasteiger partial charge in [0.1, 0.15) is 5.60 Å². The first-order chi connectivity index (χ1) is 5.19. The fourth-order valence-electron chi connectivity index (χ4n) is 0.473. The summed E-state index contributed by atoms with van der Waals surface area (Å²) in [7, 11) is 0. The lowest BCUT2D eigenvalue weighted by molar-refractivity contribution is -0.137. The van der Waals surface area contributed by atoms with Gasteiger partial charge in [0, 0.05) is 0 Å². The molecule has 3 heteroatoms. The van der Waals surface area contributed by atoms with E-state index in [-0.39, 0.29) is 0 Å². The zero-order valence-electron chi connectivity index (χ0n) is 7.93. The molecule has 0 saturated carbocycles. The van der Waals surface area contributed by atoms with E-state index in [1.807, 2.05) is 0 Å². The fourth-order valence-corrected chi connectivity index (χ4v) is 0.473. The average molecular weight is 169 g/mol. The second-order valence-corrected chi connectivity index (χ2v) is 3.78. The highest BCUT2D eigenvalue weighted by atomic mass is 16.3. The summed E-state index contributed by atoms with van der Waals surface area (Å²) in [6, 6.07) is 0. The number of amides is 1. The molecule has 0 aliphatic rings.